The molecule has 10 nitrogen and oxygen atoms in total. The minimum atomic E-state index is -0.324. The standard InChI is InChI=1S/C22H21FN8O2/c1-14-4-9-18(31-13-24-28-29-31)11-19(14)25-22(32)30-10-2-3-16(12-30)21-26-20(27-33-21)15-5-7-17(23)8-6-15/h4-9,11,13,16H,2-3,10,12H2,1H3,(H,25,32). The molecule has 4 aromatic rings. The number of tetrazole rings is 1. The highest BCUT2D eigenvalue weighted by Gasteiger charge is 2.29. The number of nitrogens with one attached hydrogen (secondary N) is 1. The first-order valence-electron chi connectivity index (χ1n) is 10.6. The number of nitrogens with zero attached hydrogens (tertiary/aromatic N) is 7. The number of hydrogen-bond donors (Lipinski definition) is 1. The minimum Gasteiger partial charge on any atom is -0.339 e. The van der Waals surface area contributed by atoms with E-state index >= 15 is 0 Å². The van der Waals surface area contributed by atoms with E-state index in [2.05, 4.69) is 31.0 Å². The highest BCUT2D eigenvalue weighted by Crippen LogP contribution is 2.28. The largest absolute Gasteiger partial charge is 0.339 e. The normalized spacial score (nSPS) is 16.1. The van der Waals surface area contributed by atoms with Crippen molar-refractivity contribution in [2.75, 3.05) is 18.4 Å². The summed E-state index contributed by atoms with van der Waals surface area (Å²) in [4.78, 5) is 19.3. The van der Waals surface area contributed by atoms with Crippen molar-refractivity contribution in [1.29, 1.82) is 0 Å². The van der Waals surface area contributed by atoms with Gasteiger partial charge in [0.25, 0.3) is 0 Å². The first-order chi connectivity index (χ1) is 16.1. The van der Waals surface area contributed by atoms with Crippen molar-refractivity contribution in [1.82, 2.24) is 35.2 Å². The van der Waals surface area contributed by atoms with Crippen LogP contribution in [0.5, 0.6) is 0 Å². The number of aromatic nitrogens is 6. The Morgan fingerprint density at radius 3 is 2.85 bits per heavy atom. The highest BCUT2D eigenvalue weighted by atomic mass is 19.1. The quantitative estimate of drug-likeness (QED) is 0.507. The molecule has 1 N–H and O–H groups in total. The van der Waals surface area contributed by atoms with Crippen molar-refractivity contribution in [3.8, 4) is 17.1 Å². The lowest BCUT2D eigenvalue weighted by atomic mass is 9.98. The summed E-state index contributed by atoms with van der Waals surface area (Å²) < 4.78 is 20.2. The molecule has 0 saturated carbocycles. The maximum atomic E-state index is 13.2. The van der Waals surface area contributed by atoms with Crippen LogP contribution in [0.4, 0.5) is 14.9 Å². The van der Waals surface area contributed by atoms with Crippen molar-refractivity contribution in [2.45, 2.75) is 25.7 Å². The molecule has 0 spiro atoms. The zero-order valence-electron chi connectivity index (χ0n) is 17.8. The van der Waals surface area contributed by atoms with E-state index in [1.807, 2.05) is 25.1 Å². The Morgan fingerprint density at radius 1 is 1.21 bits per heavy atom. The van der Waals surface area contributed by atoms with Gasteiger partial charge in [0.1, 0.15) is 12.1 Å². The van der Waals surface area contributed by atoms with Gasteiger partial charge in [-0.25, -0.2) is 13.9 Å². The summed E-state index contributed by atoms with van der Waals surface area (Å²) in [6, 6.07) is 11.3. The molecule has 1 saturated heterocycles. The third-order valence-electron chi connectivity index (χ3n) is 5.68. The van der Waals surface area contributed by atoms with E-state index in [1.54, 1.807) is 17.0 Å². The van der Waals surface area contributed by atoms with Crippen LogP contribution in [0.25, 0.3) is 17.1 Å². The van der Waals surface area contributed by atoms with Crippen LogP contribution in [0.1, 0.15) is 30.2 Å². The maximum absolute atomic E-state index is 13.2. The number of halogens is 1. The molecule has 1 atom stereocenters. The summed E-state index contributed by atoms with van der Waals surface area (Å²) >= 11 is 0. The van der Waals surface area contributed by atoms with E-state index in [1.165, 1.54) is 23.1 Å². The van der Waals surface area contributed by atoms with Crippen molar-refractivity contribution >= 4 is 11.7 Å². The number of likely N-dealkylation sites (tertiary alicyclic amines) is 1. The molecule has 2 amide bonds. The summed E-state index contributed by atoms with van der Waals surface area (Å²) in [5, 5.41) is 18.2. The number of amides is 2. The van der Waals surface area contributed by atoms with Crippen LogP contribution in [0.3, 0.4) is 0 Å². The molecule has 33 heavy (non-hydrogen) atoms. The zero-order chi connectivity index (χ0) is 22.8. The molecule has 1 unspecified atom stereocenters. The van der Waals surface area contributed by atoms with Crippen LogP contribution in [0, 0.1) is 12.7 Å². The molecule has 1 aliphatic rings. The summed E-state index contributed by atoms with van der Waals surface area (Å²) in [5.74, 6) is 0.486. The summed E-state index contributed by atoms with van der Waals surface area (Å²) in [6.45, 7) is 3.02. The number of anilines is 1. The van der Waals surface area contributed by atoms with Crippen LogP contribution in [0.2, 0.25) is 0 Å². The van der Waals surface area contributed by atoms with Gasteiger partial charge in [-0.15, -0.1) is 5.10 Å². The summed E-state index contributed by atoms with van der Waals surface area (Å²) in [6.07, 6.45) is 3.15. The highest BCUT2D eigenvalue weighted by molar-refractivity contribution is 5.90. The first-order valence-corrected chi connectivity index (χ1v) is 10.6. The van der Waals surface area contributed by atoms with E-state index in [0.29, 0.717) is 36.1 Å². The molecule has 0 bridgehead atoms. The molecular weight excluding hydrogens is 427 g/mol. The van der Waals surface area contributed by atoms with E-state index in [4.69, 9.17) is 4.52 Å². The number of aryl methyl sites for hydroxylation is 1. The Hall–Kier alpha value is -4.15. The second-order valence-corrected chi connectivity index (χ2v) is 7.93. The van der Waals surface area contributed by atoms with Gasteiger partial charge in [0.15, 0.2) is 0 Å². The molecule has 0 aliphatic carbocycles. The van der Waals surface area contributed by atoms with E-state index < -0.39 is 0 Å². The van der Waals surface area contributed by atoms with Gasteiger partial charge in [-0.3, -0.25) is 0 Å². The molecule has 0 radical (unpaired) electrons. The van der Waals surface area contributed by atoms with Gasteiger partial charge in [-0.2, -0.15) is 4.98 Å². The molecular formula is C22H21FN8O2. The van der Waals surface area contributed by atoms with Gasteiger partial charge in [0.2, 0.25) is 11.7 Å². The summed E-state index contributed by atoms with van der Waals surface area (Å²) in [7, 11) is 0. The second kappa shape index (κ2) is 8.77. The Labute approximate surface area is 188 Å². The van der Waals surface area contributed by atoms with Gasteiger partial charge in [-0.1, -0.05) is 11.2 Å². The Bertz CT molecular complexity index is 1260. The Balaban J connectivity index is 1.28. The van der Waals surface area contributed by atoms with Gasteiger partial charge < -0.3 is 14.7 Å². The molecule has 11 heteroatoms. The minimum absolute atomic E-state index is 0.0696. The van der Waals surface area contributed by atoms with Gasteiger partial charge >= 0.3 is 6.03 Å². The third-order valence-corrected chi connectivity index (χ3v) is 5.68. The maximum Gasteiger partial charge on any atom is 0.321 e. The molecule has 168 valence electrons. The van der Waals surface area contributed by atoms with E-state index in [-0.39, 0.29) is 17.8 Å². The fourth-order valence-electron chi connectivity index (χ4n) is 3.84. The van der Waals surface area contributed by atoms with Crippen LogP contribution >= 0.6 is 0 Å². The van der Waals surface area contributed by atoms with Crippen molar-refractivity contribution in [3.63, 3.8) is 0 Å². The van der Waals surface area contributed by atoms with Crippen molar-refractivity contribution < 1.29 is 13.7 Å². The van der Waals surface area contributed by atoms with Crippen LogP contribution in [0.15, 0.2) is 53.3 Å². The van der Waals surface area contributed by atoms with Crippen LogP contribution in [-0.2, 0) is 0 Å². The second-order valence-electron chi connectivity index (χ2n) is 7.93. The van der Waals surface area contributed by atoms with Gasteiger partial charge in [0, 0.05) is 24.3 Å². The van der Waals surface area contributed by atoms with Crippen molar-refractivity contribution in [3.05, 3.63) is 66.1 Å². The lowest BCUT2D eigenvalue weighted by Gasteiger charge is -2.31. The first kappa shape index (κ1) is 20.7. The number of urea groups is 1. The SMILES string of the molecule is Cc1ccc(-n2cnnn2)cc1NC(=O)N1CCCC(c2nc(-c3ccc(F)cc3)no2)C1. The number of carbonyl (C=O) groups is 1. The Morgan fingerprint density at radius 2 is 2.06 bits per heavy atom. The fourth-order valence-corrected chi connectivity index (χ4v) is 3.84. The number of carbonyl (C=O) groups excluding carboxylic acids is 1. The monoisotopic (exact) mass is 448 g/mol. The topological polar surface area (TPSA) is 115 Å². The molecule has 2 aromatic heterocycles. The lowest BCUT2D eigenvalue weighted by molar-refractivity contribution is 0.184. The number of hydrogen-bond acceptors (Lipinski definition) is 7. The van der Waals surface area contributed by atoms with Crippen molar-refractivity contribution in [2.24, 2.45) is 0 Å². The third kappa shape index (κ3) is 4.43. The molecule has 2 aromatic carbocycles. The van der Waals surface area contributed by atoms with Gasteiger partial charge in [-0.05, 0) is 72.2 Å². The number of rotatable bonds is 4. The number of piperidine rings is 1. The molecule has 1 fully saturated rings. The van der Waals surface area contributed by atoms with Crippen LogP contribution in [-0.4, -0.2) is 54.4 Å². The predicted molar refractivity (Wildman–Crippen MR) is 116 cm³/mol. The molecule has 1 aliphatic heterocycles. The summed E-state index contributed by atoms with van der Waals surface area (Å²) in [5.41, 5.74) is 3.03. The average Bonchev–Trinajstić information content (AvgIpc) is 3.54. The average molecular weight is 448 g/mol. The predicted octanol–water partition coefficient (Wildman–Crippen LogP) is 3.57. The lowest BCUT2D eigenvalue weighted by Crippen LogP contribution is -2.41. The fraction of sp³-hybridized carbons (Fsp3) is 0.273. The number of benzene rings is 2. The Kier molecular flexibility index (Phi) is 5.51. The van der Waals surface area contributed by atoms with E-state index in [9.17, 15) is 9.18 Å². The van der Waals surface area contributed by atoms with Gasteiger partial charge in [0.05, 0.1) is 11.6 Å². The smallest absolute Gasteiger partial charge is 0.321 e. The molecule has 3 heterocycles. The van der Waals surface area contributed by atoms with Crippen LogP contribution < -0.4 is 5.32 Å². The van der Waals surface area contributed by atoms with E-state index in [0.717, 1.165) is 24.1 Å². The zero-order valence-corrected chi connectivity index (χ0v) is 17.8. The molecule has 5 rings (SSSR count).